The van der Waals surface area contributed by atoms with Crippen LogP contribution in [0.4, 0.5) is 0 Å². The van der Waals surface area contributed by atoms with Gasteiger partial charge in [-0.3, -0.25) is 4.79 Å². The first-order chi connectivity index (χ1) is 20.0. The van der Waals surface area contributed by atoms with Crippen molar-refractivity contribution in [2.24, 2.45) is 5.92 Å². The van der Waals surface area contributed by atoms with Crippen molar-refractivity contribution in [2.45, 2.75) is 89.6 Å². The third kappa shape index (κ3) is 12.7. The third-order valence-corrected chi connectivity index (χ3v) is 7.32. The summed E-state index contributed by atoms with van der Waals surface area (Å²) in [4.78, 5) is 35.8. The van der Waals surface area contributed by atoms with Gasteiger partial charge in [-0.2, -0.15) is 0 Å². The standard InChI is InChI=1S/C34H44O7/c1-2-32(35)39-26-14-9-7-5-3-4-6-8-13-25-38-29-19-17-28(18-20-29)34(37)41-31-23-21-30(22-24-31)40-33(36)27-15-11-10-12-16-27/h2,10-12,15-16,21-24,28-29H,1,3-9,13-14,17-20,25-26H2. The minimum Gasteiger partial charge on any atom is -0.463 e. The Morgan fingerprint density at radius 2 is 1.22 bits per heavy atom. The monoisotopic (exact) mass is 564 g/mol. The first-order valence-electron chi connectivity index (χ1n) is 15.0. The van der Waals surface area contributed by atoms with Crippen molar-refractivity contribution in [1.29, 1.82) is 0 Å². The molecule has 0 heterocycles. The van der Waals surface area contributed by atoms with Crippen LogP contribution in [0.25, 0.3) is 0 Å². The van der Waals surface area contributed by atoms with Crippen LogP contribution in [-0.4, -0.2) is 37.2 Å². The number of hydrogen-bond donors (Lipinski definition) is 0. The molecule has 0 N–H and O–H groups in total. The summed E-state index contributed by atoms with van der Waals surface area (Å²) in [6.07, 6.45) is 15.1. The minimum atomic E-state index is -0.431. The molecule has 0 atom stereocenters. The number of carbonyl (C=O) groups is 3. The van der Waals surface area contributed by atoms with E-state index in [-0.39, 0.29) is 24.0 Å². The van der Waals surface area contributed by atoms with Crippen LogP contribution in [0.5, 0.6) is 11.5 Å². The lowest BCUT2D eigenvalue weighted by Gasteiger charge is -2.27. The summed E-state index contributed by atoms with van der Waals surface area (Å²) < 4.78 is 22.0. The molecule has 0 radical (unpaired) electrons. The predicted molar refractivity (Wildman–Crippen MR) is 158 cm³/mol. The Kier molecular flexibility index (Phi) is 14.7. The van der Waals surface area contributed by atoms with Crippen molar-refractivity contribution in [3.63, 3.8) is 0 Å². The molecule has 2 aromatic rings. The van der Waals surface area contributed by atoms with E-state index in [1.54, 1.807) is 48.5 Å². The Balaban J connectivity index is 1.18. The SMILES string of the molecule is C=CC(=O)OCCCCCCCCCCCOC1CCC(C(=O)Oc2ccc(OC(=O)c3ccccc3)cc2)CC1. The summed E-state index contributed by atoms with van der Waals surface area (Å²) in [6.45, 7) is 4.66. The Morgan fingerprint density at radius 3 is 1.80 bits per heavy atom. The summed E-state index contributed by atoms with van der Waals surface area (Å²) in [5, 5.41) is 0. The van der Waals surface area contributed by atoms with E-state index in [1.165, 1.54) is 44.6 Å². The predicted octanol–water partition coefficient (Wildman–Crippen LogP) is 7.63. The van der Waals surface area contributed by atoms with E-state index in [9.17, 15) is 14.4 Å². The van der Waals surface area contributed by atoms with E-state index in [1.807, 2.05) is 6.07 Å². The van der Waals surface area contributed by atoms with Gasteiger partial charge in [-0.1, -0.05) is 69.7 Å². The van der Waals surface area contributed by atoms with E-state index in [4.69, 9.17) is 18.9 Å². The van der Waals surface area contributed by atoms with Gasteiger partial charge >= 0.3 is 17.9 Å². The molecule has 1 aliphatic rings. The number of hydrogen-bond acceptors (Lipinski definition) is 7. The molecule has 1 fully saturated rings. The topological polar surface area (TPSA) is 88.1 Å². The maximum absolute atomic E-state index is 12.7. The molecule has 0 saturated heterocycles. The molecule has 2 aromatic carbocycles. The summed E-state index contributed by atoms with van der Waals surface area (Å²) >= 11 is 0. The first kappa shape index (κ1) is 32.1. The molecule has 1 aliphatic carbocycles. The van der Waals surface area contributed by atoms with Crippen molar-refractivity contribution in [2.75, 3.05) is 13.2 Å². The fourth-order valence-electron chi connectivity index (χ4n) is 4.90. The molecule has 41 heavy (non-hydrogen) atoms. The maximum atomic E-state index is 12.7. The fourth-order valence-corrected chi connectivity index (χ4v) is 4.90. The van der Waals surface area contributed by atoms with Crippen LogP contribution in [-0.2, 0) is 19.1 Å². The molecule has 1 saturated carbocycles. The van der Waals surface area contributed by atoms with E-state index in [2.05, 4.69) is 6.58 Å². The number of esters is 3. The van der Waals surface area contributed by atoms with Crippen molar-refractivity contribution in [3.8, 4) is 11.5 Å². The molecule has 7 nitrogen and oxygen atoms in total. The second-order valence-electron chi connectivity index (χ2n) is 10.5. The number of rotatable bonds is 18. The average molecular weight is 565 g/mol. The van der Waals surface area contributed by atoms with Gasteiger partial charge in [0.15, 0.2) is 0 Å². The number of ether oxygens (including phenoxy) is 4. The minimum absolute atomic E-state index is 0.118. The normalized spacial score (nSPS) is 16.5. The molecule has 0 aliphatic heterocycles. The van der Waals surface area contributed by atoms with Crippen LogP contribution < -0.4 is 9.47 Å². The quantitative estimate of drug-likeness (QED) is 0.0796. The van der Waals surface area contributed by atoms with Gasteiger partial charge in [-0.15, -0.1) is 0 Å². The smallest absolute Gasteiger partial charge is 0.343 e. The van der Waals surface area contributed by atoms with Crippen molar-refractivity contribution >= 4 is 17.9 Å². The van der Waals surface area contributed by atoms with Gasteiger partial charge in [-0.25, -0.2) is 9.59 Å². The maximum Gasteiger partial charge on any atom is 0.343 e. The zero-order valence-corrected chi connectivity index (χ0v) is 24.1. The van der Waals surface area contributed by atoms with Gasteiger partial charge in [0, 0.05) is 12.7 Å². The third-order valence-electron chi connectivity index (χ3n) is 7.32. The first-order valence-corrected chi connectivity index (χ1v) is 15.0. The lowest BCUT2D eigenvalue weighted by Crippen LogP contribution is -2.29. The van der Waals surface area contributed by atoms with E-state index in [0.717, 1.165) is 51.6 Å². The highest BCUT2D eigenvalue weighted by Gasteiger charge is 2.28. The van der Waals surface area contributed by atoms with E-state index < -0.39 is 5.97 Å². The van der Waals surface area contributed by atoms with Crippen molar-refractivity contribution < 1.29 is 33.3 Å². The zero-order valence-electron chi connectivity index (χ0n) is 24.1. The average Bonchev–Trinajstić information content (AvgIpc) is 3.01. The van der Waals surface area contributed by atoms with Crippen LogP contribution in [0.15, 0.2) is 67.3 Å². The molecule has 0 spiro atoms. The fraction of sp³-hybridized carbons (Fsp3) is 0.500. The van der Waals surface area contributed by atoms with Gasteiger partial charge in [0.2, 0.25) is 0 Å². The highest BCUT2D eigenvalue weighted by atomic mass is 16.5. The Bertz CT molecular complexity index is 1060. The lowest BCUT2D eigenvalue weighted by molar-refractivity contribution is -0.141. The van der Waals surface area contributed by atoms with Gasteiger partial charge in [0.25, 0.3) is 0 Å². The second-order valence-corrected chi connectivity index (χ2v) is 10.5. The largest absolute Gasteiger partial charge is 0.463 e. The zero-order chi connectivity index (χ0) is 29.1. The number of benzene rings is 2. The Labute approximate surface area is 244 Å². The molecule has 3 rings (SSSR count). The Morgan fingerprint density at radius 1 is 0.683 bits per heavy atom. The highest BCUT2D eigenvalue weighted by molar-refractivity contribution is 5.91. The number of carbonyl (C=O) groups excluding carboxylic acids is 3. The van der Waals surface area contributed by atoms with E-state index >= 15 is 0 Å². The second kappa shape index (κ2) is 18.8. The van der Waals surface area contributed by atoms with Crippen molar-refractivity contribution in [3.05, 3.63) is 72.8 Å². The van der Waals surface area contributed by atoms with Crippen LogP contribution in [0.3, 0.4) is 0 Å². The van der Waals surface area contributed by atoms with Gasteiger partial charge < -0.3 is 18.9 Å². The van der Waals surface area contributed by atoms with Crippen LogP contribution in [0.2, 0.25) is 0 Å². The van der Waals surface area contributed by atoms with Crippen molar-refractivity contribution in [1.82, 2.24) is 0 Å². The van der Waals surface area contributed by atoms with Crippen LogP contribution in [0.1, 0.15) is 93.8 Å². The Hall–Kier alpha value is -3.45. The highest BCUT2D eigenvalue weighted by Crippen LogP contribution is 2.28. The summed E-state index contributed by atoms with van der Waals surface area (Å²) in [5.41, 5.74) is 0.476. The van der Waals surface area contributed by atoms with Crippen LogP contribution >= 0.6 is 0 Å². The van der Waals surface area contributed by atoms with Gasteiger partial charge in [0.1, 0.15) is 11.5 Å². The molecular weight excluding hydrogens is 520 g/mol. The molecule has 0 bridgehead atoms. The molecule has 222 valence electrons. The van der Waals surface area contributed by atoms with Gasteiger partial charge in [-0.05, 0) is 74.9 Å². The summed E-state index contributed by atoms with van der Waals surface area (Å²) in [7, 11) is 0. The van der Waals surface area contributed by atoms with E-state index in [0.29, 0.717) is 23.7 Å². The molecule has 0 amide bonds. The summed E-state index contributed by atoms with van der Waals surface area (Å²) in [5.74, 6) is -0.262. The van der Waals surface area contributed by atoms with Crippen LogP contribution in [0, 0.1) is 5.92 Å². The molecule has 0 aromatic heterocycles. The number of unbranched alkanes of at least 4 members (excludes halogenated alkanes) is 8. The van der Waals surface area contributed by atoms with Gasteiger partial charge in [0.05, 0.1) is 24.2 Å². The molecule has 7 heteroatoms. The molecular formula is C34H44O7. The molecule has 0 unspecified atom stereocenters. The summed E-state index contributed by atoms with van der Waals surface area (Å²) in [6, 6.07) is 15.3. The lowest BCUT2D eigenvalue weighted by atomic mass is 9.87.